The molecule has 0 aliphatic rings. The summed E-state index contributed by atoms with van der Waals surface area (Å²) in [5, 5.41) is 2.90. The standard InChI is InChI=1S/C18H22N2O5S/c1-12(14-7-10-16(24-2)17(11-14)25-3)19-18(21)13-5-8-15(9-6-13)20-26(4,22)23/h5-12,20H,1-4H3,(H,19,21)/t12-/m0/s1. The molecule has 0 unspecified atom stereocenters. The lowest BCUT2D eigenvalue weighted by Crippen LogP contribution is -2.26. The van der Waals surface area contributed by atoms with Gasteiger partial charge in [0.25, 0.3) is 5.91 Å². The number of sulfonamides is 1. The highest BCUT2D eigenvalue weighted by molar-refractivity contribution is 7.92. The topological polar surface area (TPSA) is 93.7 Å². The smallest absolute Gasteiger partial charge is 0.251 e. The number of carbonyl (C=O) groups is 1. The summed E-state index contributed by atoms with van der Waals surface area (Å²) in [6.45, 7) is 1.86. The van der Waals surface area contributed by atoms with E-state index in [0.717, 1.165) is 11.8 Å². The van der Waals surface area contributed by atoms with Gasteiger partial charge < -0.3 is 14.8 Å². The minimum absolute atomic E-state index is 0.254. The van der Waals surface area contributed by atoms with E-state index in [1.54, 1.807) is 32.4 Å². The molecule has 0 aliphatic carbocycles. The van der Waals surface area contributed by atoms with E-state index in [9.17, 15) is 13.2 Å². The molecule has 0 aliphatic heterocycles. The molecular weight excluding hydrogens is 356 g/mol. The molecule has 1 amide bonds. The number of benzene rings is 2. The van der Waals surface area contributed by atoms with Crippen LogP contribution in [0.1, 0.15) is 28.9 Å². The second-order valence-electron chi connectivity index (χ2n) is 5.76. The molecule has 0 radical (unpaired) electrons. The third kappa shape index (κ3) is 5.13. The van der Waals surface area contributed by atoms with Crippen LogP contribution in [0, 0.1) is 0 Å². The van der Waals surface area contributed by atoms with Crippen molar-refractivity contribution in [3.8, 4) is 11.5 Å². The lowest BCUT2D eigenvalue weighted by atomic mass is 10.1. The third-order valence-corrected chi connectivity index (χ3v) is 4.31. The van der Waals surface area contributed by atoms with Gasteiger partial charge in [-0.2, -0.15) is 0 Å². The van der Waals surface area contributed by atoms with Crippen LogP contribution in [0.3, 0.4) is 0 Å². The number of methoxy groups -OCH3 is 2. The predicted octanol–water partition coefficient (Wildman–Crippen LogP) is 2.57. The quantitative estimate of drug-likeness (QED) is 0.772. The van der Waals surface area contributed by atoms with Crippen LogP contribution in [0.15, 0.2) is 42.5 Å². The van der Waals surface area contributed by atoms with Gasteiger partial charge in [0.15, 0.2) is 11.5 Å². The number of hydrogen-bond acceptors (Lipinski definition) is 5. The Morgan fingerprint density at radius 1 is 1.00 bits per heavy atom. The van der Waals surface area contributed by atoms with E-state index in [1.165, 1.54) is 12.1 Å². The molecule has 1 atom stereocenters. The molecule has 2 rings (SSSR count). The number of nitrogens with one attached hydrogen (secondary N) is 2. The zero-order chi connectivity index (χ0) is 19.3. The van der Waals surface area contributed by atoms with Crippen molar-refractivity contribution in [2.45, 2.75) is 13.0 Å². The predicted molar refractivity (Wildman–Crippen MR) is 100 cm³/mol. The van der Waals surface area contributed by atoms with Gasteiger partial charge in [-0.05, 0) is 48.9 Å². The van der Waals surface area contributed by atoms with Crippen molar-refractivity contribution in [2.75, 3.05) is 25.2 Å². The lowest BCUT2D eigenvalue weighted by molar-refractivity contribution is 0.0940. The highest BCUT2D eigenvalue weighted by Crippen LogP contribution is 2.30. The first-order chi connectivity index (χ1) is 12.2. The Hall–Kier alpha value is -2.74. The van der Waals surface area contributed by atoms with E-state index < -0.39 is 10.0 Å². The minimum Gasteiger partial charge on any atom is -0.493 e. The fourth-order valence-corrected chi connectivity index (χ4v) is 2.95. The summed E-state index contributed by atoms with van der Waals surface area (Å²) in [7, 11) is -0.237. The molecule has 2 N–H and O–H groups in total. The summed E-state index contributed by atoms with van der Waals surface area (Å²) in [6, 6.07) is 11.4. The Kier molecular flexibility index (Phi) is 6.10. The Morgan fingerprint density at radius 3 is 2.15 bits per heavy atom. The van der Waals surface area contributed by atoms with Gasteiger partial charge in [-0.25, -0.2) is 8.42 Å². The molecule has 0 aromatic heterocycles. The van der Waals surface area contributed by atoms with Gasteiger partial charge in [0, 0.05) is 11.3 Å². The van der Waals surface area contributed by atoms with Crippen molar-refractivity contribution in [2.24, 2.45) is 0 Å². The van der Waals surface area contributed by atoms with Crippen LogP contribution in [0.5, 0.6) is 11.5 Å². The van der Waals surface area contributed by atoms with Crippen LogP contribution in [0.2, 0.25) is 0 Å². The molecule has 140 valence electrons. The van der Waals surface area contributed by atoms with Crippen molar-refractivity contribution in [1.82, 2.24) is 5.32 Å². The molecule has 0 bridgehead atoms. The molecular formula is C18H22N2O5S. The highest BCUT2D eigenvalue weighted by atomic mass is 32.2. The van der Waals surface area contributed by atoms with Crippen molar-refractivity contribution in [3.63, 3.8) is 0 Å². The molecule has 0 saturated heterocycles. The Labute approximate surface area is 153 Å². The number of rotatable bonds is 7. The summed E-state index contributed by atoms with van der Waals surface area (Å²) >= 11 is 0. The Balaban J connectivity index is 2.09. The van der Waals surface area contributed by atoms with E-state index in [4.69, 9.17) is 9.47 Å². The molecule has 2 aromatic carbocycles. The van der Waals surface area contributed by atoms with Crippen LogP contribution >= 0.6 is 0 Å². The first-order valence-electron chi connectivity index (χ1n) is 7.84. The first kappa shape index (κ1) is 19.6. The van der Waals surface area contributed by atoms with Gasteiger partial charge in [0.1, 0.15) is 0 Å². The van der Waals surface area contributed by atoms with Crippen molar-refractivity contribution < 1.29 is 22.7 Å². The summed E-state index contributed by atoms with van der Waals surface area (Å²) in [4.78, 5) is 12.4. The van der Waals surface area contributed by atoms with E-state index in [-0.39, 0.29) is 11.9 Å². The largest absolute Gasteiger partial charge is 0.493 e. The third-order valence-electron chi connectivity index (χ3n) is 3.71. The molecule has 8 heteroatoms. The maximum absolute atomic E-state index is 12.4. The zero-order valence-electron chi connectivity index (χ0n) is 15.1. The summed E-state index contributed by atoms with van der Waals surface area (Å²) in [5.74, 6) is 0.934. The van der Waals surface area contributed by atoms with E-state index in [0.29, 0.717) is 22.7 Å². The summed E-state index contributed by atoms with van der Waals surface area (Å²) < 4.78 is 35.3. The van der Waals surface area contributed by atoms with E-state index >= 15 is 0 Å². The Morgan fingerprint density at radius 2 is 1.62 bits per heavy atom. The fourth-order valence-electron chi connectivity index (χ4n) is 2.39. The molecule has 0 heterocycles. The first-order valence-corrected chi connectivity index (χ1v) is 9.73. The van der Waals surface area contributed by atoms with Crippen LogP contribution in [0.4, 0.5) is 5.69 Å². The van der Waals surface area contributed by atoms with Gasteiger partial charge in [-0.3, -0.25) is 9.52 Å². The molecule has 7 nitrogen and oxygen atoms in total. The number of hydrogen-bond donors (Lipinski definition) is 2. The second kappa shape index (κ2) is 8.09. The van der Waals surface area contributed by atoms with Gasteiger partial charge in [-0.15, -0.1) is 0 Å². The molecule has 26 heavy (non-hydrogen) atoms. The number of amides is 1. The molecule has 0 fully saturated rings. The van der Waals surface area contributed by atoms with Crippen molar-refractivity contribution >= 4 is 21.6 Å². The normalized spacial score (nSPS) is 12.2. The number of anilines is 1. The summed E-state index contributed by atoms with van der Waals surface area (Å²) in [5.41, 5.74) is 1.69. The SMILES string of the molecule is COc1ccc([C@H](C)NC(=O)c2ccc(NS(C)(=O)=O)cc2)cc1OC. The average Bonchev–Trinajstić information content (AvgIpc) is 2.60. The zero-order valence-corrected chi connectivity index (χ0v) is 15.9. The Bertz CT molecular complexity index is 879. The summed E-state index contributed by atoms with van der Waals surface area (Å²) in [6.07, 6.45) is 1.07. The lowest BCUT2D eigenvalue weighted by Gasteiger charge is -2.17. The van der Waals surface area contributed by atoms with Gasteiger partial charge in [0.05, 0.1) is 26.5 Å². The number of ether oxygens (including phenoxy) is 2. The van der Waals surface area contributed by atoms with E-state index in [2.05, 4.69) is 10.0 Å². The highest BCUT2D eigenvalue weighted by Gasteiger charge is 2.14. The average molecular weight is 378 g/mol. The van der Waals surface area contributed by atoms with E-state index in [1.807, 2.05) is 19.1 Å². The van der Waals surface area contributed by atoms with Gasteiger partial charge in [-0.1, -0.05) is 6.07 Å². The van der Waals surface area contributed by atoms with Crippen LogP contribution in [-0.2, 0) is 10.0 Å². The monoisotopic (exact) mass is 378 g/mol. The van der Waals surface area contributed by atoms with Gasteiger partial charge >= 0.3 is 0 Å². The minimum atomic E-state index is -3.35. The molecule has 0 saturated carbocycles. The van der Waals surface area contributed by atoms with Gasteiger partial charge in [0.2, 0.25) is 10.0 Å². The molecule has 2 aromatic rings. The van der Waals surface area contributed by atoms with Crippen LogP contribution < -0.4 is 19.5 Å². The molecule has 0 spiro atoms. The van der Waals surface area contributed by atoms with Crippen LogP contribution in [0.25, 0.3) is 0 Å². The van der Waals surface area contributed by atoms with Crippen molar-refractivity contribution in [3.05, 3.63) is 53.6 Å². The fraction of sp³-hybridized carbons (Fsp3) is 0.278. The van der Waals surface area contributed by atoms with Crippen molar-refractivity contribution in [1.29, 1.82) is 0 Å². The maximum Gasteiger partial charge on any atom is 0.251 e. The van der Waals surface area contributed by atoms with Crippen LogP contribution in [-0.4, -0.2) is 34.8 Å². The second-order valence-corrected chi connectivity index (χ2v) is 7.51. The maximum atomic E-state index is 12.4. The number of carbonyl (C=O) groups excluding carboxylic acids is 1.